The molecular formula is C10H14N2S. The van der Waals surface area contributed by atoms with Crippen molar-refractivity contribution in [3.05, 3.63) is 35.1 Å². The third kappa shape index (κ3) is 2.95. The molecule has 0 spiro atoms. The van der Waals surface area contributed by atoms with Crippen molar-refractivity contribution in [1.82, 2.24) is 10.2 Å². The Balaban J connectivity index is 0.000000671. The Kier molecular flexibility index (Phi) is 5.72. The number of rotatable bonds is 2. The minimum absolute atomic E-state index is 0.595. The van der Waals surface area contributed by atoms with Crippen molar-refractivity contribution in [2.75, 3.05) is 0 Å². The lowest BCUT2D eigenvalue weighted by Crippen LogP contribution is -1.88. The number of aromatic nitrogens is 2. The van der Waals surface area contributed by atoms with Gasteiger partial charge in [-0.15, -0.1) is 0 Å². The van der Waals surface area contributed by atoms with Crippen LogP contribution in [0.1, 0.15) is 25.0 Å². The molecule has 0 aliphatic rings. The van der Waals surface area contributed by atoms with Crippen molar-refractivity contribution in [2.45, 2.75) is 13.8 Å². The fraction of sp³-hybridized carbons (Fsp3) is 0.200. The highest BCUT2D eigenvalue weighted by molar-refractivity contribution is 7.71. The topological polar surface area (TPSA) is 28.7 Å². The van der Waals surface area contributed by atoms with Crippen molar-refractivity contribution in [1.29, 1.82) is 0 Å². The number of H-pyrrole nitrogens is 1. The van der Waals surface area contributed by atoms with Gasteiger partial charge in [-0.2, -0.15) is 5.10 Å². The zero-order valence-corrected chi connectivity index (χ0v) is 8.82. The number of hydrogen-bond acceptors (Lipinski definition) is 2. The van der Waals surface area contributed by atoms with Gasteiger partial charge in [0.2, 0.25) is 0 Å². The fourth-order valence-electron chi connectivity index (χ4n) is 0.795. The molecular weight excluding hydrogens is 180 g/mol. The molecule has 1 rings (SSSR count). The molecule has 0 aliphatic heterocycles. The first kappa shape index (κ1) is 11.8. The van der Waals surface area contributed by atoms with Gasteiger partial charge in [0.15, 0.2) is 0 Å². The quantitative estimate of drug-likeness (QED) is 0.730. The average molecular weight is 194 g/mol. The smallest absolute Gasteiger partial charge is 0.127 e. The fourth-order valence-corrected chi connectivity index (χ4v) is 1.05. The van der Waals surface area contributed by atoms with Gasteiger partial charge in [-0.1, -0.05) is 51.4 Å². The van der Waals surface area contributed by atoms with Crippen LogP contribution in [0.4, 0.5) is 0 Å². The molecule has 0 fully saturated rings. The van der Waals surface area contributed by atoms with E-state index < -0.39 is 0 Å². The molecule has 0 amide bonds. The highest BCUT2D eigenvalue weighted by Crippen LogP contribution is 2.09. The molecule has 0 atom stereocenters. The number of nitrogens with zero attached hydrogens (tertiary/aromatic N) is 1. The summed E-state index contributed by atoms with van der Waals surface area (Å²) in [6, 6.07) is 0. The van der Waals surface area contributed by atoms with Gasteiger partial charge in [-0.05, 0) is 0 Å². The molecule has 0 unspecified atom stereocenters. The molecule has 0 saturated heterocycles. The normalized spacial score (nSPS) is 8.15. The third-order valence-corrected chi connectivity index (χ3v) is 1.66. The van der Waals surface area contributed by atoms with Crippen LogP contribution in [-0.2, 0) is 0 Å². The highest BCUT2D eigenvalue weighted by atomic mass is 32.1. The summed E-state index contributed by atoms with van der Waals surface area (Å²) in [6.07, 6.45) is 5.06. The summed E-state index contributed by atoms with van der Waals surface area (Å²) in [5.41, 5.74) is 1.79. The molecule has 0 aromatic carbocycles. The molecule has 70 valence electrons. The highest BCUT2D eigenvalue weighted by Gasteiger charge is 1.95. The van der Waals surface area contributed by atoms with Crippen LogP contribution in [0.25, 0.3) is 12.2 Å². The predicted octanol–water partition coefficient (Wildman–Crippen LogP) is 3.45. The van der Waals surface area contributed by atoms with Crippen molar-refractivity contribution >= 4 is 24.4 Å². The number of nitrogens with one attached hydrogen (secondary N) is 1. The monoisotopic (exact) mass is 194 g/mol. The van der Waals surface area contributed by atoms with E-state index in [-0.39, 0.29) is 0 Å². The standard InChI is InChI=1S/C8H8N2S.C2H6/c1-3-6-5-9-10-8(11)7(6)4-2;1-2/h3-5H,1-2H2,(H,10,11);1-2H3. The summed E-state index contributed by atoms with van der Waals surface area (Å²) in [7, 11) is 0. The molecule has 1 aromatic rings. The molecule has 1 aromatic heterocycles. The molecule has 0 aliphatic carbocycles. The van der Waals surface area contributed by atoms with Gasteiger partial charge in [-0.3, -0.25) is 5.10 Å². The Hall–Kier alpha value is -1.22. The molecule has 1 N–H and O–H groups in total. The maximum Gasteiger partial charge on any atom is 0.127 e. The van der Waals surface area contributed by atoms with Crippen LogP contribution in [0.15, 0.2) is 19.4 Å². The van der Waals surface area contributed by atoms with Gasteiger partial charge >= 0.3 is 0 Å². The summed E-state index contributed by atoms with van der Waals surface area (Å²) in [6.45, 7) is 11.3. The number of hydrogen-bond donors (Lipinski definition) is 1. The Labute approximate surface area is 84.0 Å². The van der Waals surface area contributed by atoms with E-state index in [0.29, 0.717) is 4.64 Å². The Morgan fingerprint density at radius 1 is 1.38 bits per heavy atom. The third-order valence-electron chi connectivity index (χ3n) is 1.35. The van der Waals surface area contributed by atoms with E-state index in [4.69, 9.17) is 12.2 Å². The molecule has 0 radical (unpaired) electrons. The second-order valence-electron chi connectivity index (χ2n) is 1.98. The zero-order chi connectivity index (χ0) is 10.3. The second-order valence-corrected chi connectivity index (χ2v) is 2.38. The lowest BCUT2D eigenvalue weighted by Gasteiger charge is -1.97. The SMILES string of the molecule is C=Cc1cn[nH]c(=S)c1C=C.CC. The van der Waals surface area contributed by atoms with Gasteiger partial charge < -0.3 is 0 Å². The molecule has 0 saturated carbocycles. The van der Waals surface area contributed by atoms with Gasteiger partial charge in [0.25, 0.3) is 0 Å². The number of aromatic amines is 1. The van der Waals surface area contributed by atoms with E-state index in [1.54, 1.807) is 18.3 Å². The lowest BCUT2D eigenvalue weighted by molar-refractivity contribution is 1.01. The maximum absolute atomic E-state index is 4.97. The second kappa shape index (κ2) is 6.31. The van der Waals surface area contributed by atoms with E-state index in [1.165, 1.54) is 0 Å². The maximum atomic E-state index is 4.97. The van der Waals surface area contributed by atoms with Crippen molar-refractivity contribution in [2.24, 2.45) is 0 Å². The van der Waals surface area contributed by atoms with Crippen molar-refractivity contribution in [3.63, 3.8) is 0 Å². The van der Waals surface area contributed by atoms with Crippen LogP contribution >= 0.6 is 12.2 Å². The molecule has 1 heterocycles. The van der Waals surface area contributed by atoms with Gasteiger partial charge in [0.05, 0.1) is 6.20 Å². The van der Waals surface area contributed by atoms with Crippen molar-refractivity contribution < 1.29 is 0 Å². The Morgan fingerprint density at radius 2 is 2.00 bits per heavy atom. The minimum atomic E-state index is 0.595. The first-order valence-electron chi connectivity index (χ1n) is 4.12. The minimum Gasteiger partial charge on any atom is -0.267 e. The largest absolute Gasteiger partial charge is 0.267 e. The van der Waals surface area contributed by atoms with Crippen LogP contribution in [0.2, 0.25) is 0 Å². The van der Waals surface area contributed by atoms with E-state index in [1.807, 2.05) is 13.8 Å². The van der Waals surface area contributed by atoms with Gasteiger partial charge in [0.1, 0.15) is 4.64 Å². The lowest BCUT2D eigenvalue weighted by atomic mass is 10.2. The van der Waals surface area contributed by atoms with E-state index >= 15 is 0 Å². The van der Waals surface area contributed by atoms with E-state index in [9.17, 15) is 0 Å². The summed E-state index contributed by atoms with van der Waals surface area (Å²) >= 11 is 4.97. The van der Waals surface area contributed by atoms with Crippen LogP contribution in [0.3, 0.4) is 0 Å². The summed E-state index contributed by atoms with van der Waals surface area (Å²) in [5.74, 6) is 0. The Morgan fingerprint density at radius 3 is 2.38 bits per heavy atom. The first-order chi connectivity index (χ1) is 6.29. The predicted molar refractivity (Wildman–Crippen MR) is 61.0 cm³/mol. The summed E-state index contributed by atoms with van der Waals surface area (Å²) in [4.78, 5) is 0. The van der Waals surface area contributed by atoms with Gasteiger partial charge in [0, 0.05) is 11.1 Å². The molecule has 0 bridgehead atoms. The Bertz CT molecular complexity index is 339. The van der Waals surface area contributed by atoms with E-state index in [2.05, 4.69) is 23.4 Å². The van der Waals surface area contributed by atoms with E-state index in [0.717, 1.165) is 11.1 Å². The molecule has 3 heteroatoms. The van der Waals surface area contributed by atoms with Crippen LogP contribution in [-0.4, -0.2) is 10.2 Å². The first-order valence-corrected chi connectivity index (χ1v) is 4.53. The summed E-state index contributed by atoms with van der Waals surface area (Å²) in [5, 5.41) is 6.49. The van der Waals surface area contributed by atoms with Crippen LogP contribution in [0, 0.1) is 4.64 Å². The average Bonchev–Trinajstić information content (AvgIpc) is 2.20. The van der Waals surface area contributed by atoms with Gasteiger partial charge in [-0.25, -0.2) is 0 Å². The van der Waals surface area contributed by atoms with Crippen molar-refractivity contribution in [3.8, 4) is 0 Å². The van der Waals surface area contributed by atoms with Crippen LogP contribution in [0.5, 0.6) is 0 Å². The summed E-state index contributed by atoms with van der Waals surface area (Å²) < 4.78 is 0.595. The zero-order valence-electron chi connectivity index (χ0n) is 8.00. The molecule has 13 heavy (non-hydrogen) atoms. The molecule has 2 nitrogen and oxygen atoms in total. The van der Waals surface area contributed by atoms with Crippen LogP contribution < -0.4 is 0 Å².